The van der Waals surface area contributed by atoms with Crippen LogP contribution in [0.15, 0.2) is 42.5 Å². The number of thiophene rings is 1. The third kappa shape index (κ3) is 2.80. The number of hydrogen-bond donors (Lipinski definition) is 0. The van der Waals surface area contributed by atoms with Crippen LogP contribution in [0.5, 0.6) is 5.75 Å². The van der Waals surface area contributed by atoms with Crippen molar-refractivity contribution in [2.45, 2.75) is 4.83 Å². The topological polar surface area (TPSA) is 9.23 Å². The molecule has 1 unspecified atom stereocenters. The predicted molar refractivity (Wildman–Crippen MR) is 85.5 cm³/mol. The van der Waals surface area contributed by atoms with Crippen molar-refractivity contribution in [3.8, 4) is 5.75 Å². The van der Waals surface area contributed by atoms with Crippen LogP contribution in [-0.2, 0) is 0 Å². The Morgan fingerprint density at radius 3 is 2.62 bits per heavy atom. The molecule has 0 aliphatic heterocycles. The normalized spacial score (nSPS) is 12.6. The van der Waals surface area contributed by atoms with Gasteiger partial charge in [0.15, 0.2) is 0 Å². The molecule has 108 valence electrons. The van der Waals surface area contributed by atoms with Gasteiger partial charge in [-0.1, -0.05) is 28.1 Å². The fourth-order valence-corrected chi connectivity index (χ4v) is 4.01. The fraction of sp³-hybridized carbons (Fsp3) is 0.125. The number of halogens is 3. The van der Waals surface area contributed by atoms with E-state index in [-0.39, 0.29) is 16.5 Å². The standard InChI is InChI=1S/C16H11BrF2OS/c1-20-11-4-5-12(13(19)8-11)16(17)15-6-9-2-3-10(18)7-14(9)21-15/h2-8,16H,1H3. The van der Waals surface area contributed by atoms with Crippen LogP contribution in [0.1, 0.15) is 15.3 Å². The van der Waals surface area contributed by atoms with Crippen LogP contribution in [0.3, 0.4) is 0 Å². The van der Waals surface area contributed by atoms with E-state index in [2.05, 4.69) is 15.9 Å². The zero-order chi connectivity index (χ0) is 15.0. The van der Waals surface area contributed by atoms with Crippen LogP contribution in [0.2, 0.25) is 0 Å². The molecule has 0 saturated carbocycles. The van der Waals surface area contributed by atoms with Crippen LogP contribution in [0.25, 0.3) is 10.1 Å². The maximum absolute atomic E-state index is 14.1. The Labute approximate surface area is 133 Å². The zero-order valence-electron chi connectivity index (χ0n) is 11.1. The summed E-state index contributed by atoms with van der Waals surface area (Å²) in [5, 5.41) is 0.953. The Balaban J connectivity index is 2.01. The van der Waals surface area contributed by atoms with Crippen LogP contribution >= 0.6 is 27.3 Å². The summed E-state index contributed by atoms with van der Waals surface area (Å²) < 4.78 is 33.2. The molecule has 0 amide bonds. The van der Waals surface area contributed by atoms with Gasteiger partial charge in [0, 0.05) is 21.2 Å². The van der Waals surface area contributed by atoms with Gasteiger partial charge in [-0.05, 0) is 29.7 Å². The Kier molecular flexibility index (Phi) is 3.95. The Morgan fingerprint density at radius 1 is 1.10 bits per heavy atom. The van der Waals surface area contributed by atoms with Gasteiger partial charge in [0.2, 0.25) is 0 Å². The largest absolute Gasteiger partial charge is 0.497 e. The van der Waals surface area contributed by atoms with Crippen molar-refractivity contribution in [1.82, 2.24) is 0 Å². The van der Waals surface area contributed by atoms with E-state index in [0.717, 1.165) is 15.0 Å². The first-order chi connectivity index (χ1) is 10.1. The second-order valence-electron chi connectivity index (χ2n) is 4.58. The molecule has 0 aliphatic rings. The molecule has 1 atom stereocenters. The van der Waals surface area contributed by atoms with Gasteiger partial charge in [-0.3, -0.25) is 0 Å². The van der Waals surface area contributed by atoms with Gasteiger partial charge < -0.3 is 4.74 Å². The van der Waals surface area contributed by atoms with Gasteiger partial charge in [0.1, 0.15) is 17.4 Å². The predicted octanol–water partition coefficient (Wildman–Crippen LogP) is 5.67. The van der Waals surface area contributed by atoms with Crippen molar-refractivity contribution < 1.29 is 13.5 Å². The molecule has 0 spiro atoms. The Bertz CT molecular complexity index is 800. The molecule has 1 nitrogen and oxygen atoms in total. The van der Waals surface area contributed by atoms with Crippen LogP contribution in [0, 0.1) is 11.6 Å². The number of rotatable bonds is 3. The lowest BCUT2D eigenvalue weighted by Gasteiger charge is -2.10. The second kappa shape index (κ2) is 5.73. The number of alkyl halides is 1. The molecule has 1 heterocycles. The van der Waals surface area contributed by atoms with Gasteiger partial charge in [0.25, 0.3) is 0 Å². The van der Waals surface area contributed by atoms with E-state index in [1.54, 1.807) is 18.2 Å². The molecule has 0 radical (unpaired) electrons. The molecule has 0 saturated heterocycles. The van der Waals surface area contributed by atoms with Crippen molar-refractivity contribution in [2.75, 3.05) is 7.11 Å². The number of methoxy groups -OCH3 is 1. The number of fused-ring (bicyclic) bond motifs is 1. The molecule has 0 aliphatic carbocycles. The molecule has 0 bridgehead atoms. The second-order valence-corrected chi connectivity index (χ2v) is 6.61. The lowest BCUT2D eigenvalue weighted by Crippen LogP contribution is -1.95. The molecule has 3 aromatic rings. The molecule has 0 N–H and O–H groups in total. The molecule has 3 rings (SSSR count). The highest BCUT2D eigenvalue weighted by Crippen LogP contribution is 2.39. The van der Waals surface area contributed by atoms with Crippen molar-refractivity contribution in [3.63, 3.8) is 0 Å². The lowest BCUT2D eigenvalue weighted by molar-refractivity contribution is 0.411. The highest BCUT2D eigenvalue weighted by Gasteiger charge is 2.18. The van der Waals surface area contributed by atoms with Crippen molar-refractivity contribution in [2.24, 2.45) is 0 Å². The molecule has 5 heteroatoms. The number of ether oxygens (including phenoxy) is 1. The Morgan fingerprint density at radius 2 is 1.90 bits per heavy atom. The SMILES string of the molecule is COc1ccc(C(Br)c2cc3ccc(F)cc3s2)c(F)c1. The monoisotopic (exact) mass is 368 g/mol. The summed E-state index contributed by atoms with van der Waals surface area (Å²) in [6.07, 6.45) is 0. The fourth-order valence-electron chi connectivity index (χ4n) is 2.14. The van der Waals surface area contributed by atoms with Crippen LogP contribution in [0.4, 0.5) is 8.78 Å². The first-order valence-electron chi connectivity index (χ1n) is 6.25. The maximum atomic E-state index is 14.1. The minimum Gasteiger partial charge on any atom is -0.497 e. The minimum absolute atomic E-state index is 0.266. The zero-order valence-corrected chi connectivity index (χ0v) is 13.5. The van der Waals surface area contributed by atoms with E-state index in [0.29, 0.717) is 11.3 Å². The van der Waals surface area contributed by atoms with Gasteiger partial charge in [-0.25, -0.2) is 8.78 Å². The molecule has 0 fully saturated rings. The van der Waals surface area contributed by atoms with Gasteiger partial charge in [-0.15, -0.1) is 11.3 Å². The molecular weight excluding hydrogens is 358 g/mol. The summed E-state index contributed by atoms with van der Waals surface area (Å²) in [7, 11) is 1.50. The van der Waals surface area contributed by atoms with E-state index in [9.17, 15) is 8.78 Å². The first kappa shape index (κ1) is 14.5. The maximum Gasteiger partial charge on any atom is 0.131 e. The highest BCUT2D eigenvalue weighted by atomic mass is 79.9. The van der Waals surface area contributed by atoms with Crippen molar-refractivity contribution in [3.05, 3.63) is 64.5 Å². The third-order valence-corrected chi connectivity index (χ3v) is 5.68. The average molecular weight is 369 g/mol. The van der Waals surface area contributed by atoms with Crippen LogP contribution < -0.4 is 4.74 Å². The Hall–Kier alpha value is -1.46. The summed E-state index contributed by atoms with van der Waals surface area (Å²) in [5.41, 5.74) is 0.530. The number of benzene rings is 2. The molecule has 21 heavy (non-hydrogen) atoms. The highest BCUT2D eigenvalue weighted by molar-refractivity contribution is 9.09. The van der Waals surface area contributed by atoms with E-state index >= 15 is 0 Å². The lowest BCUT2D eigenvalue weighted by atomic mass is 10.1. The van der Waals surface area contributed by atoms with Gasteiger partial charge >= 0.3 is 0 Å². The van der Waals surface area contributed by atoms with Crippen molar-refractivity contribution in [1.29, 1.82) is 0 Å². The molecular formula is C16H11BrF2OS. The van der Waals surface area contributed by atoms with E-state index < -0.39 is 0 Å². The number of hydrogen-bond acceptors (Lipinski definition) is 2. The first-order valence-corrected chi connectivity index (χ1v) is 7.98. The quantitative estimate of drug-likeness (QED) is 0.541. The van der Waals surface area contributed by atoms with Gasteiger partial charge in [0.05, 0.1) is 11.9 Å². The average Bonchev–Trinajstić information content (AvgIpc) is 2.89. The summed E-state index contributed by atoms with van der Waals surface area (Å²) in [6.45, 7) is 0. The smallest absolute Gasteiger partial charge is 0.131 e. The summed E-state index contributed by atoms with van der Waals surface area (Å²) >= 11 is 4.97. The van der Waals surface area contributed by atoms with Crippen LogP contribution in [-0.4, -0.2) is 7.11 Å². The van der Waals surface area contributed by atoms with Gasteiger partial charge in [-0.2, -0.15) is 0 Å². The minimum atomic E-state index is -0.333. The van der Waals surface area contributed by atoms with E-state index in [1.165, 1.54) is 36.6 Å². The molecule has 2 aromatic carbocycles. The molecule has 1 aromatic heterocycles. The summed E-state index contributed by atoms with van der Waals surface area (Å²) in [6, 6.07) is 11.4. The van der Waals surface area contributed by atoms with Crippen molar-refractivity contribution >= 4 is 37.4 Å². The summed E-state index contributed by atoms with van der Waals surface area (Å²) in [4.78, 5) is 0.656. The summed E-state index contributed by atoms with van der Waals surface area (Å²) in [5.74, 6) is -0.119. The van der Waals surface area contributed by atoms with E-state index in [4.69, 9.17) is 4.74 Å². The third-order valence-electron chi connectivity index (χ3n) is 3.23. The van der Waals surface area contributed by atoms with E-state index in [1.807, 2.05) is 6.07 Å².